The Morgan fingerprint density at radius 2 is 1.79 bits per heavy atom. The first-order valence-corrected chi connectivity index (χ1v) is 13.6. The van der Waals surface area contributed by atoms with Crippen molar-refractivity contribution < 1.29 is 17.6 Å². The van der Waals surface area contributed by atoms with Gasteiger partial charge in [0.25, 0.3) is 5.22 Å². The molecule has 0 aliphatic carbocycles. The Kier molecular flexibility index (Phi) is 7.34. The molecule has 8 nitrogen and oxygen atoms in total. The van der Waals surface area contributed by atoms with E-state index >= 15 is 0 Å². The maximum absolute atomic E-state index is 12.6. The van der Waals surface area contributed by atoms with E-state index in [2.05, 4.69) is 39.2 Å². The van der Waals surface area contributed by atoms with Crippen molar-refractivity contribution in [2.45, 2.75) is 24.5 Å². The lowest BCUT2D eigenvalue weighted by Crippen LogP contribution is -2.39. The number of rotatable bonds is 8. The van der Waals surface area contributed by atoms with Crippen LogP contribution >= 0.6 is 11.8 Å². The van der Waals surface area contributed by atoms with Crippen LogP contribution in [-0.4, -0.2) is 54.5 Å². The quantitative estimate of drug-likeness (QED) is 0.484. The summed E-state index contributed by atoms with van der Waals surface area (Å²) in [5.41, 5.74) is 2.47. The smallest absolute Gasteiger partial charge is 0.277 e. The molecule has 0 spiro atoms. The van der Waals surface area contributed by atoms with Gasteiger partial charge in [0.2, 0.25) is 21.8 Å². The molecule has 10 heteroatoms. The van der Waals surface area contributed by atoms with Gasteiger partial charge >= 0.3 is 0 Å². The van der Waals surface area contributed by atoms with Gasteiger partial charge in [0.1, 0.15) is 0 Å². The van der Waals surface area contributed by atoms with Gasteiger partial charge in [0, 0.05) is 24.3 Å². The molecule has 0 unspecified atom stereocenters. The minimum absolute atomic E-state index is 0.0779. The van der Waals surface area contributed by atoms with Gasteiger partial charge in [-0.05, 0) is 55.0 Å². The summed E-state index contributed by atoms with van der Waals surface area (Å²) in [6, 6.07) is 17.1. The van der Waals surface area contributed by atoms with E-state index in [1.807, 2.05) is 11.0 Å². The van der Waals surface area contributed by atoms with Crippen molar-refractivity contribution in [1.29, 1.82) is 0 Å². The normalized spacial score (nSPS) is 14.9. The highest BCUT2D eigenvalue weighted by atomic mass is 32.2. The maximum atomic E-state index is 12.6. The Labute approximate surface area is 197 Å². The third kappa shape index (κ3) is 6.82. The number of hydrogen-bond acceptors (Lipinski definition) is 7. The van der Waals surface area contributed by atoms with E-state index in [4.69, 9.17) is 4.42 Å². The van der Waals surface area contributed by atoms with Crippen LogP contribution in [0.1, 0.15) is 18.4 Å². The topological polar surface area (TPSA) is 105 Å². The van der Waals surface area contributed by atoms with Crippen molar-refractivity contribution in [3.8, 4) is 11.5 Å². The van der Waals surface area contributed by atoms with Crippen LogP contribution in [-0.2, 0) is 21.2 Å². The molecule has 2 heterocycles. The molecule has 1 N–H and O–H groups in total. The molecule has 0 atom stereocenters. The molecule has 1 aliphatic rings. The molecule has 2 aromatic carbocycles. The number of carbonyl (C=O) groups excluding carboxylic acids is 1. The summed E-state index contributed by atoms with van der Waals surface area (Å²) in [6.07, 6.45) is 4.19. The number of piperidine rings is 1. The van der Waals surface area contributed by atoms with Crippen LogP contribution in [0.15, 0.2) is 64.2 Å². The minimum atomic E-state index is -3.33. The second-order valence-corrected chi connectivity index (χ2v) is 10.8. The Bertz CT molecular complexity index is 1170. The molecule has 1 fully saturated rings. The summed E-state index contributed by atoms with van der Waals surface area (Å²) in [4.78, 5) is 14.5. The highest BCUT2D eigenvalue weighted by molar-refractivity contribution is 7.99. The molecule has 1 aliphatic heterocycles. The second kappa shape index (κ2) is 10.4. The average Bonchev–Trinajstić information content (AvgIpc) is 3.27. The number of carbonyl (C=O) groups is 1. The second-order valence-electron chi connectivity index (χ2n) is 8.13. The monoisotopic (exact) mass is 486 g/mol. The highest BCUT2D eigenvalue weighted by Gasteiger charge is 2.23. The van der Waals surface area contributed by atoms with Gasteiger partial charge in [-0.1, -0.05) is 42.1 Å². The van der Waals surface area contributed by atoms with Crippen LogP contribution in [0.5, 0.6) is 0 Å². The van der Waals surface area contributed by atoms with Crippen LogP contribution in [0.2, 0.25) is 0 Å². The number of anilines is 1. The Morgan fingerprint density at radius 3 is 2.45 bits per heavy atom. The van der Waals surface area contributed by atoms with Crippen molar-refractivity contribution in [2.75, 3.05) is 29.8 Å². The molecule has 174 valence electrons. The number of likely N-dealkylation sites (tertiary alicyclic amines) is 1. The SMILES string of the molecule is CS(=O)(=O)Nc1ccc(-c2nnc(SCC(=O)N3CCC(Cc4ccccc4)CC3)o2)cc1. The predicted molar refractivity (Wildman–Crippen MR) is 128 cm³/mol. The summed E-state index contributed by atoms with van der Waals surface area (Å²) in [5.74, 6) is 1.26. The van der Waals surface area contributed by atoms with Crippen molar-refractivity contribution in [1.82, 2.24) is 15.1 Å². The maximum Gasteiger partial charge on any atom is 0.277 e. The van der Waals surface area contributed by atoms with Gasteiger partial charge in [0.15, 0.2) is 0 Å². The Balaban J connectivity index is 1.24. The van der Waals surface area contributed by atoms with E-state index in [0.29, 0.717) is 28.3 Å². The Hall–Kier alpha value is -2.85. The zero-order valence-corrected chi connectivity index (χ0v) is 19.9. The van der Waals surface area contributed by atoms with E-state index in [1.165, 1.54) is 17.3 Å². The first-order chi connectivity index (χ1) is 15.9. The van der Waals surface area contributed by atoms with Gasteiger partial charge in [0.05, 0.1) is 12.0 Å². The van der Waals surface area contributed by atoms with Gasteiger partial charge in [-0.25, -0.2) is 8.42 Å². The number of thioether (sulfide) groups is 1. The van der Waals surface area contributed by atoms with Crippen LogP contribution in [0, 0.1) is 5.92 Å². The van der Waals surface area contributed by atoms with Crippen molar-refractivity contribution in [3.05, 3.63) is 60.2 Å². The van der Waals surface area contributed by atoms with E-state index in [-0.39, 0.29) is 11.7 Å². The summed E-state index contributed by atoms with van der Waals surface area (Å²) in [5, 5.41) is 8.37. The van der Waals surface area contributed by atoms with Gasteiger partial charge in [-0.15, -0.1) is 10.2 Å². The van der Waals surface area contributed by atoms with E-state index in [1.54, 1.807) is 24.3 Å². The first kappa shape index (κ1) is 23.3. The molecule has 0 radical (unpaired) electrons. The molecular formula is C23H26N4O4S2. The molecule has 33 heavy (non-hydrogen) atoms. The van der Waals surface area contributed by atoms with Crippen LogP contribution in [0.3, 0.4) is 0 Å². The standard InChI is InChI=1S/C23H26N4O4S2/c1-33(29,30)26-20-9-7-19(8-10-20)22-24-25-23(31-22)32-16-21(28)27-13-11-18(12-14-27)15-17-5-3-2-4-6-17/h2-10,18,26H,11-16H2,1H3. The highest BCUT2D eigenvalue weighted by Crippen LogP contribution is 2.26. The Morgan fingerprint density at radius 1 is 1.09 bits per heavy atom. The summed E-state index contributed by atoms with van der Waals surface area (Å²) < 4.78 is 30.7. The van der Waals surface area contributed by atoms with E-state index < -0.39 is 10.0 Å². The molecule has 1 amide bonds. The lowest BCUT2D eigenvalue weighted by Gasteiger charge is -2.32. The number of benzene rings is 2. The lowest BCUT2D eigenvalue weighted by atomic mass is 9.90. The third-order valence-corrected chi connectivity index (χ3v) is 6.90. The largest absolute Gasteiger partial charge is 0.411 e. The van der Waals surface area contributed by atoms with E-state index in [9.17, 15) is 13.2 Å². The van der Waals surface area contributed by atoms with Crippen molar-refractivity contribution in [2.24, 2.45) is 5.92 Å². The van der Waals surface area contributed by atoms with Crippen LogP contribution in [0.4, 0.5) is 5.69 Å². The number of nitrogens with one attached hydrogen (secondary N) is 1. The van der Waals surface area contributed by atoms with Gasteiger partial charge < -0.3 is 9.32 Å². The zero-order chi connectivity index (χ0) is 23.3. The lowest BCUT2D eigenvalue weighted by molar-refractivity contribution is -0.129. The zero-order valence-electron chi connectivity index (χ0n) is 18.3. The summed E-state index contributed by atoms with van der Waals surface area (Å²) >= 11 is 1.23. The molecule has 1 saturated heterocycles. The third-order valence-electron chi connectivity index (χ3n) is 5.50. The number of nitrogens with zero attached hydrogens (tertiary/aromatic N) is 3. The molecule has 1 aromatic heterocycles. The summed E-state index contributed by atoms with van der Waals surface area (Å²) in [6.45, 7) is 1.56. The number of aromatic nitrogens is 2. The van der Waals surface area contributed by atoms with E-state index in [0.717, 1.165) is 38.6 Å². The number of amides is 1. The van der Waals surface area contributed by atoms with Gasteiger partial charge in [-0.2, -0.15) is 0 Å². The summed E-state index contributed by atoms with van der Waals surface area (Å²) in [7, 11) is -3.33. The molecule has 4 rings (SSSR count). The van der Waals surface area contributed by atoms with Crippen LogP contribution < -0.4 is 4.72 Å². The van der Waals surface area contributed by atoms with Crippen molar-refractivity contribution >= 4 is 33.4 Å². The fourth-order valence-corrected chi connectivity index (χ4v) is 5.06. The van der Waals surface area contributed by atoms with Gasteiger partial charge in [-0.3, -0.25) is 9.52 Å². The average molecular weight is 487 g/mol. The fraction of sp³-hybridized carbons (Fsp3) is 0.348. The minimum Gasteiger partial charge on any atom is -0.411 e. The molecule has 0 bridgehead atoms. The molecule has 3 aromatic rings. The van der Waals surface area contributed by atoms with Crippen LogP contribution in [0.25, 0.3) is 11.5 Å². The first-order valence-electron chi connectivity index (χ1n) is 10.7. The molecular weight excluding hydrogens is 460 g/mol. The number of sulfonamides is 1. The predicted octanol–water partition coefficient (Wildman–Crippen LogP) is 3.68. The van der Waals surface area contributed by atoms with Crippen molar-refractivity contribution in [3.63, 3.8) is 0 Å². The fourth-order valence-electron chi connectivity index (χ4n) is 3.83. The molecule has 0 saturated carbocycles. The number of hydrogen-bond donors (Lipinski definition) is 1.